The molecule has 0 aliphatic carbocycles. The Hall–Kier alpha value is -3.35. The zero-order valence-electron chi connectivity index (χ0n) is 15.5. The summed E-state index contributed by atoms with van der Waals surface area (Å²) in [7, 11) is 1.55. The first-order valence-electron chi connectivity index (χ1n) is 8.49. The maximum atomic E-state index is 12.1. The number of rotatable bonds is 8. The number of nitro benzene ring substituents is 1. The molecule has 0 saturated carbocycles. The Bertz CT molecular complexity index is 861. The number of aryl methyl sites for hydroxylation is 1. The number of benzene rings is 2. The van der Waals surface area contributed by atoms with Gasteiger partial charge in [0.05, 0.1) is 18.6 Å². The summed E-state index contributed by atoms with van der Waals surface area (Å²) in [5.74, 6) is 0.739. The van der Waals surface area contributed by atoms with Gasteiger partial charge in [-0.05, 0) is 48.7 Å². The fourth-order valence-electron chi connectivity index (χ4n) is 2.36. The van der Waals surface area contributed by atoms with Crippen LogP contribution in [0.4, 0.5) is 11.4 Å². The van der Waals surface area contributed by atoms with E-state index in [0.717, 1.165) is 17.5 Å². The second-order valence-electron chi connectivity index (χ2n) is 5.86. The molecular weight excluding hydrogens is 348 g/mol. The number of nitrogens with one attached hydrogen (secondary N) is 1. The molecule has 0 fully saturated rings. The lowest BCUT2D eigenvalue weighted by Gasteiger charge is -2.10. The first-order valence-corrected chi connectivity index (χ1v) is 8.49. The van der Waals surface area contributed by atoms with Crippen molar-refractivity contribution in [1.29, 1.82) is 0 Å². The van der Waals surface area contributed by atoms with Crippen molar-refractivity contribution >= 4 is 23.4 Å². The van der Waals surface area contributed by atoms with Crippen molar-refractivity contribution < 1.29 is 19.2 Å². The van der Waals surface area contributed by atoms with Crippen LogP contribution in [0.25, 0.3) is 6.08 Å². The first kappa shape index (κ1) is 20.0. The number of anilines is 1. The summed E-state index contributed by atoms with van der Waals surface area (Å²) in [6.45, 7) is 4.35. The fraction of sp³-hybridized carbons (Fsp3) is 0.250. The van der Waals surface area contributed by atoms with Crippen LogP contribution < -0.4 is 14.8 Å². The Labute approximate surface area is 157 Å². The molecule has 0 spiro atoms. The maximum Gasteiger partial charge on any atom is 0.293 e. The molecule has 1 N–H and O–H groups in total. The van der Waals surface area contributed by atoms with E-state index < -0.39 is 10.8 Å². The Morgan fingerprint density at radius 2 is 2.00 bits per heavy atom. The standard InChI is InChI=1S/C20H22N2O5/c1-4-11-27-18-9-6-15(13-19(18)26-3)7-10-20(23)21-16-8-5-14(2)12-17(16)22(24)25/h5-10,12-13H,4,11H2,1-3H3,(H,21,23)/b10-7+. The lowest BCUT2D eigenvalue weighted by atomic mass is 10.1. The van der Waals surface area contributed by atoms with Crippen LogP contribution in [0.5, 0.6) is 11.5 Å². The molecule has 0 radical (unpaired) electrons. The summed E-state index contributed by atoms with van der Waals surface area (Å²) in [4.78, 5) is 22.7. The summed E-state index contributed by atoms with van der Waals surface area (Å²) in [6, 6.07) is 9.96. The number of nitro groups is 1. The van der Waals surface area contributed by atoms with E-state index in [4.69, 9.17) is 9.47 Å². The number of nitrogens with zero attached hydrogens (tertiary/aromatic N) is 1. The van der Waals surface area contributed by atoms with Crippen molar-refractivity contribution in [1.82, 2.24) is 0 Å². The molecule has 0 heterocycles. The summed E-state index contributed by atoms with van der Waals surface area (Å²) in [5, 5.41) is 13.7. The highest BCUT2D eigenvalue weighted by Gasteiger charge is 2.15. The summed E-state index contributed by atoms with van der Waals surface area (Å²) >= 11 is 0. The minimum atomic E-state index is -0.522. The van der Waals surface area contributed by atoms with Gasteiger partial charge in [0.2, 0.25) is 5.91 Å². The Morgan fingerprint density at radius 1 is 1.22 bits per heavy atom. The monoisotopic (exact) mass is 370 g/mol. The van der Waals surface area contributed by atoms with Crippen molar-refractivity contribution in [3.63, 3.8) is 0 Å². The van der Waals surface area contributed by atoms with Gasteiger partial charge in [-0.25, -0.2) is 0 Å². The Balaban J connectivity index is 2.12. The number of amides is 1. The summed E-state index contributed by atoms with van der Waals surface area (Å²) in [6.07, 6.45) is 3.79. The van der Waals surface area contributed by atoms with Crippen molar-refractivity contribution in [2.24, 2.45) is 0 Å². The van der Waals surface area contributed by atoms with E-state index in [1.54, 1.807) is 44.4 Å². The van der Waals surface area contributed by atoms with Crippen LogP contribution in [-0.4, -0.2) is 24.5 Å². The van der Waals surface area contributed by atoms with Crippen LogP contribution >= 0.6 is 0 Å². The molecule has 0 aliphatic heterocycles. The van der Waals surface area contributed by atoms with Gasteiger partial charge < -0.3 is 14.8 Å². The number of ether oxygens (including phenoxy) is 2. The molecule has 7 nitrogen and oxygen atoms in total. The van der Waals surface area contributed by atoms with Gasteiger partial charge in [0, 0.05) is 12.1 Å². The molecule has 2 rings (SSSR count). The molecule has 0 unspecified atom stereocenters. The van der Waals surface area contributed by atoms with Crippen LogP contribution in [0.1, 0.15) is 24.5 Å². The third kappa shape index (κ3) is 5.57. The number of hydrogen-bond acceptors (Lipinski definition) is 5. The van der Waals surface area contributed by atoms with Crippen LogP contribution in [-0.2, 0) is 4.79 Å². The van der Waals surface area contributed by atoms with Crippen LogP contribution in [0.3, 0.4) is 0 Å². The van der Waals surface area contributed by atoms with E-state index in [1.807, 2.05) is 6.92 Å². The third-order valence-corrected chi connectivity index (χ3v) is 3.68. The molecule has 142 valence electrons. The van der Waals surface area contributed by atoms with E-state index in [2.05, 4.69) is 5.32 Å². The Morgan fingerprint density at radius 3 is 2.67 bits per heavy atom. The highest BCUT2D eigenvalue weighted by Crippen LogP contribution is 2.29. The summed E-state index contributed by atoms with van der Waals surface area (Å²) in [5.41, 5.74) is 1.49. The molecule has 0 saturated heterocycles. The Kier molecular flexibility index (Phi) is 6.93. The minimum Gasteiger partial charge on any atom is -0.493 e. The highest BCUT2D eigenvalue weighted by atomic mass is 16.6. The van der Waals surface area contributed by atoms with Crippen molar-refractivity contribution in [2.45, 2.75) is 20.3 Å². The predicted molar refractivity (Wildman–Crippen MR) is 104 cm³/mol. The smallest absolute Gasteiger partial charge is 0.293 e. The van der Waals surface area contributed by atoms with Gasteiger partial charge in [-0.15, -0.1) is 0 Å². The molecule has 2 aromatic carbocycles. The molecular formula is C20H22N2O5. The van der Waals surface area contributed by atoms with Crippen LogP contribution in [0.15, 0.2) is 42.5 Å². The SMILES string of the molecule is CCCOc1ccc(/C=C/C(=O)Nc2ccc(C)cc2[N+](=O)[O-])cc1OC. The quantitative estimate of drug-likeness (QED) is 0.424. The molecule has 1 amide bonds. The largest absolute Gasteiger partial charge is 0.493 e. The van der Waals surface area contributed by atoms with Gasteiger partial charge in [-0.2, -0.15) is 0 Å². The zero-order valence-corrected chi connectivity index (χ0v) is 15.5. The topological polar surface area (TPSA) is 90.7 Å². The number of hydrogen-bond donors (Lipinski definition) is 1. The second kappa shape index (κ2) is 9.38. The van der Waals surface area contributed by atoms with Crippen molar-refractivity contribution in [3.05, 3.63) is 63.7 Å². The fourth-order valence-corrected chi connectivity index (χ4v) is 2.36. The number of carbonyl (C=O) groups is 1. The number of methoxy groups -OCH3 is 1. The zero-order chi connectivity index (χ0) is 19.8. The van der Waals surface area contributed by atoms with Crippen molar-refractivity contribution in [2.75, 3.05) is 19.0 Å². The molecule has 2 aromatic rings. The van der Waals surface area contributed by atoms with Gasteiger partial charge in [-0.1, -0.05) is 19.1 Å². The van der Waals surface area contributed by atoms with E-state index >= 15 is 0 Å². The van der Waals surface area contributed by atoms with Gasteiger partial charge in [0.1, 0.15) is 5.69 Å². The average molecular weight is 370 g/mol. The number of carbonyl (C=O) groups excluding carboxylic acids is 1. The van der Waals surface area contributed by atoms with Gasteiger partial charge >= 0.3 is 0 Å². The molecule has 0 bridgehead atoms. The van der Waals surface area contributed by atoms with Gasteiger partial charge in [0.25, 0.3) is 5.69 Å². The highest BCUT2D eigenvalue weighted by molar-refractivity contribution is 6.03. The average Bonchev–Trinajstić information content (AvgIpc) is 2.66. The molecule has 0 aromatic heterocycles. The normalized spacial score (nSPS) is 10.6. The second-order valence-corrected chi connectivity index (χ2v) is 5.86. The molecule has 7 heteroatoms. The molecule has 0 aliphatic rings. The maximum absolute atomic E-state index is 12.1. The predicted octanol–water partition coefficient (Wildman–Crippen LogP) is 4.35. The van der Waals surface area contributed by atoms with E-state index in [1.165, 1.54) is 18.2 Å². The summed E-state index contributed by atoms with van der Waals surface area (Å²) < 4.78 is 10.9. The van der Waals surface area contributed by atoms with Crippen molar-refractivity contribution in [3.8, 4) is 11.5 Å². The van der Waals surface area contributed by atoms with E-state index in [-0.39, 0.29) is 11.4 Å². The lowest BCUT2D eigenvalue weighted by Crippen LogP contribution is -2.09. The van der Waals surface area contributed by atoms with E-state index in [0.29, 0.717) is 18.1 Å². The third-order valence-electron chi connectivity index (χ3n) is 3.68. The lowest BCUT2D eigenvalue weighted by molar-refractivity contribution is -0.384. The van der Waals surface area contributed by atoms with Crippen LogP contribution in [0.2, 0.25) is 0 Å². The minimum absolute atomic E-state index is 0.143. The van der Waals surface area contributed by atoms with E-state index in [9.17, 15) is 14.9 Å². The first-order chi connectivity index (χ1) is 12.9. The molecule has 0 atom stereocenters. The van der Waals surface area contributed by atoms with Gasteiger partial charge in [0.15, 0.2) is 11.5 Å². The van der Waals surface area contributed by atoms with Crippen LogP contribution in [0, 0.1) is 17.0 Å². The molecule has 27 heavy (non-hydrogen) atoms. The van der Waals surface area contributed by atoms with Gasteiger partial charge in [-0.3, -0.25) is 14.9 Å².